The van der Waals surface area contributed by atoms with Gasteiger partial charge in [-0.2, -0.15) is 0 Å². The van der Waals surface area contributed by atoms with Gasteiger partial charge in [-0.05, 0) is 93.1 Å². The zero-order valence-corrected chi connectivity index (χ0v) is 41.0. The van der Waals surface area contributed by atoms with Crippen molar-refractivity contribution in [2.24, 2.45) is 20.0 Å². The Morgan fingerprint density at radius 1 is 0.338 bits per heavy atom. The van der Waals surface area contributed by atoms with Crippen LogP contribution in [-0.2, 0) is 42.2 Å². The maximum atomic E-state index is 12.1. The van der Waals surface area contributed by atoms with E-state index in [9.17, 15) is 19.2 Å². The molecule has 0 aliphatic carbocycles. The number of allylic oxidation sites excluding steroid dienone is 12. The number of hydrogen-bond acceptors (Lipinski definition) is 12. The van der Waals surface area contributed by atoms with Gasteiger partial charge in [0, 0.05) is 73.0 Å². The molecule has 8 bridgehead atoms. The second-order valence-electron chi connectivity index (χ2n) is 16.3. The van der Waals surface area contributed by atoms with Crippen LogP contribution in [-0.4, -0.2) is 43.3 Å². The first-order valence-electron chi connectivity index (χ1n) is 21.9. The van der Waals surface area contributed by atoms with E-state index in [1.54, 1.807) is 27.7 Å². The second kappa shape index (κ2) is 20.8. The number of fused-ring (bicyclic) bond motifs is 4. The van der Waals surface area contributed by atoms with E-state index in [0.29, 0.717) is 68.6 Å². The minimum Gasteiger partial charge on any atom is -0.288 e. The van der Waals surface area contributed by atoms with Gasteiger partial charge in [0.05, 0.1) is 45.6 Å². The molecule has 9 rings (SSSR count). The molecule has 0 fully saturated rings. The van der Waals surface area contributed by atoms with Gasteiger partial charge >= 0.3 is 0 Å². The Hall–Kier alpha value is -6.44. The molecule has 0 saturated carbocycles. The largest absolute Gasteiger partial charge is 0.288 e. The summed E-state index contributed by atoms with van der Waals surface area (Å²) in [6.07, 6.45) is 16.2. The highest BCUT2D eigenvalue weighted by Gasteiger charge is 2.28. The van der Waals surface area contributed by atoms with Crippen molar-refractivity contribution in [1.29, 1.82) is 0 Å². The summed E-state index contributed by atoms with van der Waals surface area (Å²) < 4.78 is 0. The summed E-state index contributed by atoms with van der Waals surface area (Å²) in [7, 11) is 0. The van der Waals surface area contributed by atoms with E-state index >= 15 is 0 Å². The molecule has 0 radical (unpaired) electrons. The van der Waals surface area contributed by atoms with Gasteiger partial charge in [0.1, 0.15) is 0 Å². The predicted molar refractivity (Wildman–Crippen MR) is 288 cm³/mol. The van der Waals surface area contributed by atoms with Gasteiger partial charge in [0.25, 0.3) is 0 Å². The van der Waals surface area contributed by atoms with E-state index in [2.05, 4.69) is 48.5 Å². The zero-order chi connectivity index (χ0) is 47.3. The van der Waals surface area contributed by atoms with Gasteiger partial charge in [-0.15, -0.1) is 0 Å². The van der Waals surface area contributed by atoms with Crippen LogP contribution < -0.4 is 0 Å². The second-order valence-corrected chi connectivity index (χ2v) is 20.9. The number of thioether (sulfide) groups is 4. The molecule has 0 amide bonds. The first-order valence-corrected chi connectivity index (χ1v) is 25.9. The fourth-order valence-electron chi connectivity index (χ4n) is 8.28. The smallest absolute Gasteiger partial charge is 0.186 e. The SMILES string of the molecule is CC(=O)SCc1cccc(C2=C3C=CC(=N3)C(c3cccc(CSC(C)=O)c3)=C3C=CC(=N3)C(c3cccc(CSC(C)=O)c3)=C3C=CC(=N3)C(c3cccc(CSC(C)=O)c3)=C3C=CC2=N3)c1. The van der Waals surface area contributed by atoms with E-state index in [1.165, 1.54) is 47.0 Å². The van der Waals surface area contributed by atoms with Crippen molar-refractivity contribution in [2.75, 3.05) is 0 Å². The number of carbonyl (C=O) groups excluding carboxylic acids is 4. The number of carbonyl (C=O) groups is 4. The minimum absolute atomic E-state index is 0.0482. The van der Waals surface area contributed by atoms with Gasteiger partial charge in [-0.25, -0.2) is 20.0 Å². The Labute approximate surface area is 412 Å². The Kier molecular flexibility index (Phi) is 14.3. The molecule has 336 valence electrons. The summed E-state index contributed by atoms with van der Waals surface area (Å²) in [4.78, 5) is 70.0. The molecule has 0 atom stereocenters. The predicted octanol–water partition coefficient (Wildman–Crippen LogP) is 12.8. The molecular weight excluding hydrogens is 921 g/mol. The molecule has 0 N–H and O–H groups in total. The highest BCUT2D eigenvalue weighted by molar-refractivity contribution is 8.13. The summed E-state index contributed by atoms with van der Waals surface area (Å²) >= 11 is 5.08. The average Bonchev–Trinajstić information content (AvgIpc) is 4.18. The van der Waals surface area contributed by atoms with Crippen LogP contribution in [0.15, 0.2) is 188 Å². The lowest BCUT2D eigenvalue weighted by atomic mass is 9.97. The fraction of sp³-hybridized carbons (Fsp3) is 0.143. The number of hydrogen-bond donors (Lipinski definition) is 0. The summed E-state index contributed by atoms with van der Waals surface area (Å²) in [5, 5.41) is 0.193. The Morgan fingerprint density at radius 3 is 0.765 bits per heavy atom. The molecule has 12 heteroatoms. The van der Waals surface area contributed by atoms with Crippen LogP contribution in [0.2, 0.25) is 0 Å². The van der Waals surface area contributed by atoms with Gasteiger partial charge in [0.15, 0.2) is 20.5 Å². The lowest BCUT2D eigenvalue weighted by Gasteiger charge is -2.14. The molecular formula is C56H44N4O4S4. The standard InChI is InChI=1S/C56H44N4O4S4/c1-33(61)65-29-37-9-5-13-41(25-37)53-45-17-19-47(57-45)54(42-14-6-10-38(26-42)30-66-34(2)62)49-21-23-51(59-49)56(44-16-8-12-40(28-44)32-68-36(4)64)52-24-22-50(60-52)55(48-20-18-46(53)58-48)43-15-7-11-39(27-43)31-67-35(3)63/h5-28H,29-32H2,1-4H3. The molecule has 0 unspecified atom stereocenters. The van der Waals surface area contributed by atoms with E-state index in [1.807, 2.05) is 97.1 Å². The maximum Gasteiger partial charge on any atom is 0.186 e. The Balaban J connectivity index is 1.32. The van der Waals surface area contributed by atoms with E-state index in [-0.39, 0.29) is 20.5 Å². The third-order valence-corrected chi connectivity index (χ3v) is 14.8. The first-order chi connectivity index (χ1) is 32.9. The molecule has 5 aliphatic rings. The van der Waals surface area contributed by atoms with Crippen LogP contribution in [0.3, 0.4) is 0 Å². The molecule has 5 heterocycles. The summed E-state index contributed by atoms with van der Waals surface area (Å²) in [5.41, 5.74) is 16.6. The molecule has 0 aromatic heterocycles. The minimum atomic E-state index is 0.0482. The number of rotatable bonds is 12. The van der Waals surface area contributed by atoms with Crippen molar-refractivity contribution in [3.8, 4) is 0 Å². The quantitative estimate of drug-likeness (QED) is 0.138. The molecule has 4 aromatic carbocycles. The third-order valence-electron chi connectivity index (χ3n) is 11.2. The number of nitrogens with zero attached hydrogens (tertiary/aromatic N) is 4. The van der Waals surface area contributed by atoms with Gasteiger partial charge in [-0.3, -0.25) is 19.2 Å². The first kappa shape index (κ1) is 46.7. The maximum absolute atomic E-state index is 12.1. The molecule has 8 nitrogen and oxygen atoms in total. The lowest BCUT2D eigenvalue weighted by molar-refractivity contribution is -0.109. The van der Waals surface area contributed by atoms with Crippen molar-refractivity contribution in [3.63, 3.8) is 0 Å². The molecule has 0 saturated heterocycles. The van der Waals surface area contributed by atoms with Crippen LogP contribution in [0, 0.1) is 0 Å². The van der Waals surface area contributed by atoms with Gasteiger partial charge in [-0.1, -0.05) is 144 Å². The molecule has 4 aromatic rings. The normalized spacial score (nSPS) is 15.9. The molecule has 0 spiro atoms. The van der Waals surface area contributed by atoms with Crippen molar-refractivity contribution < 1.29 is 19.2 Å². The van der Waals surface area contributed by atoms with Crippen LogP contribution in [0.4, 0.5) is 0 Å². The molecule has 5 aliphatic heterocycles. The third kappa shape index (κ3) is 10.8. The van der Waals surface area contributed by atoms with E-state index < -0.39 is 0 Å². The Bertz CT molecular complexity index is 2810. The van der Waals surface area contributed by atoms with Crippen LogP contribution >= 0.6 is 47.0 Å². The van der Waals surface area contributed by atoms with Gasteiger partial charge in [0.2, 0.25) is 0 Å². The number of benzene rings is 4. The van der Waals surface area contributed by atoms with E-state index in [0.717, 1.165) is 66.8 Å². The van der Waals surface area contributed by atoms with E-state index in [4.69, 9.17) is 20.0 Å². The summed E-state index contributed by atoms with van der Waals surface area (Å²) in [6, 6.07) is 32.8. The highest BCUT2D eigenvalue weighted by Crippen LogP contribution is 2.39. The topological polar surface area (TPSA) is 118 Å². The fourth-order valence-corrected chi connectivity index (χ4v) is 10.5. The zero-order valence-electron chi connectivity index (χ0n) is 37.7. The van der Waals surface area contributed by atoms with Crippen LogP contribution in [0.25, 0.3) is 22.3 Å². The van der Waals surface area contributed by atoms with Crippen molar-refractivity contribution >= 4 is 113 Å². The highest BCUT2D eigenvalue weighted by atomic mass is 32.2. The lowest BCUT2D eigenvalue weighted by Crippen LogP contribution is -2.04. The average molecular weight is 965 g/mol. The van der Waals surface area contributed by atoms with Crippen LogP contribution in [0.1, 0.15) is 72.2 Å². The van der Waals surface area contributed by atoms with Gasteiger partial charge < -0.3 is 0 Å². The monoisotopic (exact) mass is 964 g/mol. The molecule has 68 heavy (non-hydrogen) atoms. The van der Waals surface area contributed by atoms with Crippen LogP contribution in [0.5, 0.6) is 0 Å². The Morgan fingerprint density at radius 2 is 0.559 bits per heavy atom. The van der Waals surface area contributed by atoms with Crippen molar-refractivity contribution in [2.45, 2.75) is 50.7 Å². The summed E-state index contributed by atoms with van der Waals surface area (Å²) in [6.45, 7) is 6.32. The number of aliphatic imine (C=N–C) groups is 4. The summed E-state index contributed by atoms with van der Waals surface area (Å²) in [5.74, 6) is 2.11. The van der Waals surface area contributed by atoms with Crippen molar-refractivity contribution in [3.05, 3.63) is 213 Å². The van der Waals surface area contributed by atoms with Crippen molar-refractivity contribution in [1.82, 2.24) is 0 Å².